The van der Waals surface area contributed by atoms with Crippen molar-refractivity contribution in [2.45, 2.75) is 20.3 Å². The molecule has 0 bridgehead atoms. The summed E-state index contributed by atoms with van der Waals surface area (Å²) in [7, 11) is 0. The Balaban J connectivity index is 2.03. The van der Waals surface area contributed by atoms with Gasteiger partial charge in [-0.15, -0.1) is 0 Å². The van der Waals surface area contributed by atoms with Crippen molar-refractivity contribution >= 4 is 17.7 Å². The molecule has 2 rings (SSSR count). The molecule has 2 unspecified atom stereocenters. The first kappa shape index (κ1) is 15.3. The highest BCUT2D eigenvalue weighted by atomic mass is 19.1. The summed E-state index contributed by atoms with van der Waals surface area (Å²) in [5.74, 6) is -1.18. The molecule has 1 aliphatic heterocycles. The van der Waals surface area contributed by atoms with E-state index in [1.807, 2.05) is 0 Å². The number of benzene rings is 1. The van der Waals surface area contributed by atoms with Crippen LogP contribution in [0.2, 0.25) is 0 Å². The first-order chi connectivity index (χ1) is 9.88. The number of urea groups is 1. The molecule has 6 heteroatoms. The van der Waals surface area contributed by atoms with Crippen LogP contribution in [0.3, 0.4) is 0 Å². The third-order valence-electron chi connectivity index (χ3n) is 4.07. The van der Waals surface area contributed by atoms with Crippen molar-refractivity contribution < 1.29 is 19.1 Å². The van der Waals surface area contributed by atoms with Crippen molar-refractivity contribution in [2.24, 2.45) is 11.8 Å². The molecule has 0 spiro atoms. The van der Waals surface area contributed by atoms with E-state index in [1.165, 1.54) is 6.07 Å². The summed E-state index contributed by atoms with van der Waals surface area (Å²) in [6.07, 6.45) is 0.945. The number of amides is 2. The molecule has 1 aliphatic rings. The Labute approximate surface area is 122 Å². The molecule has 2 N–H and O–H groups in total. The fourth-order valence-electron chi connectivity index (χ4n) is 2.42. The van der Waals surface area contributed by atoms with E-state index in [9.17, 15) is 14.0 Å². The smallest absolute Gasteiger partial charge is 0.338 e. The van der Waals surface area contributed by atoms with Gasteiger partial charge < -0.3 is 15.3 Å². The van der Waals surface area contributed by atoms with Crippen LogP contribution < -0.4 is 5.32 Å². The Morgan fingerprint density at radius 1 is 1.33 bits per heavy atom. The number of halogens is 1. The van der Waals surface area contributed by atoms with Gasteiger partial charge in [-0.2, -0.15) is 0 Å². The number of aromatic carboxylic acids is 1. The molecule has 0 aliphatic carbocycles. The minimum Gasteiger partial charge on any atom is -0.478 e. The third kappa shape index (κ3) is 3.51. The average molecular weight is 294 g/mol. The number of nitrogens with zero attached hydrogens (tertiary/aromatic N) is 1. The molecule has 21 heavy (non-hydrogen) atoms. The molecule has 114 valence electrons. The quantitative estimate of drug-likeness (QED) is 0.880. The second-order valence-electron chi connectivity index (χ2n) is 5.62. The summed E-state index contributed by atoms with van der Waals surface area (Å²) >= 11 is 0. The van der Waals surface area contributed by atoms with Gasteiger partial charge in [-0.1, -0.05) is 13.8 Å². The molecule has 1 aromatic rings. The summed E-state index contributed by atoms with van der Waals surface area (Å²) in [6.45, 7) is 5.61. The van der Waals surface area contributed by atoms with Gasteiger partial charge in [-0.05, 0) is 36.5 Å². The lowest BCUT2D eigenvalue weighted by Crippen LogP contribution is -2.44. The van der Waals surface area contributed by atoms with E-state index in [0.29, 0.717) is 24.9 Å². The van der Waals surface area contributed by atoms with Crippen molar-refractivity contribution in [1.29, 1.82) is 0 Å². The molecule has 0 radical (unpaired) electrons. The average Bonchev–Trinajstić information content (AvgIpc) is 2.41. The Hall–Kier alpha value is -2.11. The van der Waals surface area contributed by atoms with Crippen LogP contribution in [-0.2, 0) is 0 Å². The van der Waals surface area contributed by atoms with Gasteiger partial charge in [0.05, 0.1) is 5.56 Å². The van der Waals surface area contributed by atoms with Gasteiger partial charge in [0.1, 0.15) is 5.82 Å². The fourth-order valence-corrected chi connectivity index (χ4v) is 2.42. The van der Waals surface area contributed by atoms with E-state index in [-0.39, 0.29) is 11.7 Å². The molecule has 1 heterocycles. The van der Waals surface area contributed by atoms with E-state index >= 15 is 0 Å². The first-order valence-corrected chi connectivity index (χ1v) is 6.97. The SMILES string of the molecule is CC1CCN(C(=O)Nc2ccc(C(=O)O)c(F)c2)CC1C. The molecule has 2 amide bonds. The zero-order valence-corrected chi connectivity index (χ0v) is 12.1. The number of carbonyl (C=O) groups is 2. The maximum atomic E-state index is 13.6. The number of hydrogen-bond acceptors (Lipinski definition) is 2. The van der Waals surface area contributed by atoms with E-state index in [0.717, 1.165) is 18.6 Å². The summed E-state index contributed by atoms with van der Waals surface area (Å²) in [4.78, 5) is 24.6. The minimum absolute atomic E-state index is 0.258. The fraction of sp³-hybridized carbons (Fsp3) is 0.467. The molecule has 2 atom stereocenters. The zero-order chi connectivity index (χ0) is 15.6. The topological polar surface area (TPSA) is 69.6 Å². The molecule has 0 aromatic heterocycles. The number of carboxylic acid groups (broad SMARTS) is 1. The maximum absolute atomic E-state index is 13.6. The zero-order valence-electron chi connectivity index (χ0n) is 12.1. The van der Waals surface area contributed by atoms with Gasteiger partial charge in [0.15, 0.2) is 0 Å². The Bertz CT molecular complexity index is 562. The van der Waals surface area contributed by atoms with E-state index in [1.54, 1.807) is 4.90 Å². The van der Waals surface area contributed by atoms with Crippen molar-refractivity contribution in [3.63, 3.8) is 0 Å². The lowest BCUT2D eigenvalue weighted by atomic mass is 9.89. The lowest BCUT2D eigenvalue weighted by Gasteiger charge is -2.35. The van der Waals surface area contributed by atoms with E-state index < -0.39 is 17.3 Å². The second kappa shape index (κ2) is 6.11. The van der Waals surface area contributed by atoms with Crippen LogP contribution in [0.5, 0.6) is 0 Å². The molecule has 1 saturated heterocycles. The van der Waals surface area contributed by atoms with Crippen LogP contribution in [0, 0.1) is 17.7 Å². The molecule has 0 saturated carbocycles. The largest absolute Gasteiger partial charge is 0.478 e. The van der Waals surface area contributed by atoms with Crippen LogP contribution in [0.15, 0.2) is 18.2 Å². The van der Waals surface area contributed by atoms with Gasteiger partial charge in [0, 0.05) is 18.8 Å². The molecular weight excluding hydrogens is 275 g/mol. The first-order valence-electron chi connectivity index (χ1n) is 6.97. The highest BCUT2D eigenvalue weighted by molar-refractivity contribution is 5.91. The molecule has 5 nitrogen and oxygen atoms in total. The third-order valence-corrected chi connectivity index (χ3v) is 4.07. The summed E-state index contributed by atoms with van der Waals surface area (Å²) < 4.78 is 13.6. The number of carbonyl (C=O) groups excluding carboxylic acids is 1. The standard InChI is InChI=1S/C15H19FN2O3/c1-9-5-6-18(8-10(9)2)15(21)17-11-3-4-12(14(19)20)13(16)7-11/h3-4,7,9-10H,5-6,8H2,1-2H3,(H,17,21)(H,19,20). The molecule has 1 aromatic carbocycles. The van der Waals surface area contributed by atoms with Gasteiger partial charge in [-0.3, -0.25) is 0 Å². The van der Waals surface area contributed by atoms with Crippen molar-refractivity contribution in [3.05, 3.63) is 29.6 Å². The number of anilines is 1. The van der Waals surface area contributed by atoms with Gasteiger partial charge in [0.25, 0.3) is 0 Å². The van der Waals surface area contributed by atoms with E-state index in [2.05, 4.69) is 19.2 Å². The van der Waals surface area contributed by atoms with Crippen molar-refractivity contribution in [3.8, 4) is 0 Å². The highest BCUT2D eigenvalue weighted by Gasteiger charge is 2.26. The summed E-state index contributed by atoms with van der Waals surface area (Å²) in [5.41, 5.74) is -0.151. The Morgan fingerprint density at radius 3 is 2.62 bits per heavy atom. The normalized spacial score (nSPS) is 22.0. The highest BCUT2D eigenvalue weighted by Crippen LogP contribution is 2.23. The number of carboxylic acids is 1. The summed E-state index contributed by atoms with van der Waals surface area (Å²) in [5, 5.41) is 11.4. The predicted molar refractivity (Wildman–Crippen MR) is 76.9 cm³/mol. The Morgan fingerprint density at radius 2 is 2.05 bits per heavy atom. The predicted octanol–water partition coefficient (Wildman–Crippen LogP) is 3.03. The van der Waals surface area contributed by atoms with Crippen LogP contribution in [0.1, 0.15) is 30.6 Å². The molecule has 1 fully saturated rings. The maximum Gasteiger partial charge on any atom is 0.338 e. The second-order valence-corrected chi connectivity index (χ2v) is 5.62. The monoisotopic (exact) mass is 294 g/mol. The van der Waals surface area contributed by atoms with Gasteiger partial charge in [0.2, 0.25) is 0 Å². The van der Waals surface area contributed by atoms with Crippen molar-refractivity contribution in [2.75, 3.05) is 18.4 Å². The van der Waals surface area contributed by atoms with Crippen LogP contribution in [-0.4, -0.2) is 35.1 Å². The number of rotatable bonds is 2. The number of likely N-dealkylation sites (tertiary alicyclic amines) is 1. The van der Waals surface area contributed by atoms with Gasteiger partial charge in [-0.25, -0.2) is 14.0 Å². The summed E-state index contributed by atoms with van der Waals surface area (Å²) in [6, 6.07) is 3.28. The number of hydrogen-bond donors (Lipinski definition) is 2. The van der Waals surface area contributed by atoms with Crippen LogP contribution in [0.25, 0.3) is 0 Å². The number of piperidine rings is 1. The van der Waals surface area contributed by atoms with Crippen LogP contribution >= 0.6 is 0 Å². The van der Waals surface area contributed by atoms with Crippen molar-refractivity contribution in [1.82, 2.24) is 4.90 Å². The Kier molecular flexibility index (Phi) is 4.45. The van der Waals surface area contributed by atoms with Gasteiger partial charge >= 0.3 is 12.0 Å². The minimum atomic E-state index is -1.33. The van der Waals surface area contributed by atoms with E-state index in [4.69, 9.17) is 5.11 Å². The van der Waals surface area contributed by atoms with Crippen LogP contribution in [0.4, 0.5) is 14.9 Å². The molecular formula is C15H19FN2O3. The lowest BCUT2D eigenvalue weighted by molar-refractivity contribution is 0.0692. The number of nitrogens with one attached hydrogen (secondary N) is 1.